The summed E-state index contributed by atoms with van der Waals surface area (Å²) in [6.07, 6.45) is -3.47. The molecule has 1 aromatic carbocycles. The lowest BCUT2D eigenvalue weighted by Gasteiger charge is -2.31. The predicted octanol–water partition coefficient (Wildman–Crippen LogP) is 3.48. The Labute approximate surface area is 122 Å². The number of carbonyl (C=O) groups is 1. The van der Waals surface area contributed by atoms with Crippen LogP contribution in [0.1, 0.15) is 37.8 Å². The van der Waals surface area contributed by atoms with E-state index in [1.54, 1.807) is 6.92 Å². The van der Waals surface area contributed by atoms with Gasteiger partial charge in [-0.15, -0.1) is 0 Å². The Balaban J connectivity index is 3.05. The summed E-state index contributed by atoms with van der Waals surface area (Å²) in [5, 5.41) is 3.20. The van der Waals surface area contributed by atoms with Crippen LogP contribution in [0.5, 0.6) is 0 Å². The van der Waals surface area contributed by atoms with Crippen molar-refractivity contribution in [2.75, 3.05) is 13.7 Å². The number of halogens is 3. The van der Waals surface area contributed by atoms with E-state index in [4.69, 9.17) is 0 Å². The molecule has 21 heavy (non-hydrogen) atoms. The van der Waals surface area contributed by atoms with Crippen LogP contribution in [0.25, 0.3) is 0 Å². The second-order valence-electron chi connectivity index (χ2n) is 5.09. The Hall–Kier alpha value is -1.56. The fourth-order valence-electron chi connectivity index (χ4n) is 2.06. The summed E-state index contributed by atoms with van der Waals surface area (Å²) in [6, 6.07) is 4.85. The molecule has 0 spiro atoms. The van der Waals surface area contributed by atoms with Gasteiger partial charge in [0.25, 0.3) is 0 Å². The van der Waals surface area contributed by atoms with Gasteiger partial charge in [0.15, 0.2) is 0 Å². The predicted molar refractivity (Wildman–Crippen MR) is 73.7 cm³/mol. The zero-order valence-electron chi connectivity index (χ0n) is 12.4. The number of rotatable bonds is 6. The molecular formula is C15H20F3NO2. The molecule has 0 radical (unpaired) electrons. The van der Waals surface area contributed by atoms with Gasteiger partial charge in [-0.2, -0.15) is 13.2 Å². The van der Waals surface area contributed by atoms with Gasteiger partial charge in [0.1, 0.15) is 0 Å². The number of methoxy groups -OCH3 is 1. The van der Waals surface area contributed by atoms with Crippen LogP contribution in [0.2, 0.25) is 0 Å². The van der Waals surface area contributed by atoms with E-state index in [0.29, 0.717) is 12.1 Å². The fourth-order valence-corrected chi connectivity index (χ4v) is 2.06. The van der Waals surface area contributed by atoms with E-state index in [2.05, 4.69) is 10.1 Å². The smallest absolute Gasteiger partial charge is 0.416 e. The SMILES string of the molecule is CCCNC(C)(CC(=O)OC)c1ccc(C(F)(F)F)cc1. The molecule has 0 heterocycles. The highest BCUT2D eigenvalue weighted by atomic mass is 19.4. The summed E-state index contributed by atoms with van der Waals surface area (Å²) in [6.45, 7) is 4.40. The number of carbonyl (C=O) groups excluding carboxylic acids is 1. The van der Waals surface area contributed by atoms with E-state index in [-0.39, 0.29) is 6.42 Å². The Kier molecular flexibility index (Phi) is 5.78. The highest BCUT2D eigenvalue weighted by Crippen LogP contribution is 2.32. The molecule has 0 saturated heterocycles. The van der Waals surface area contributed by atoms with Crippen LogP contribution in [0.3, 0.4) is 0 Å². The van der Waals surface area contributed by atoms with Crippen molar-refractivity contribution in [3.05, 3.63) is 35.4 Å². The second-order valence-corrected chi connectivity index (χ2v) is 5.09. The summed E-state index contributed by atoms with van der Waals surface area (Å²) >= 11 is 0. The summed E-state index contributed by atoms with van der Waals surface area (Å²) in [4.78, 5) is 11.5. The van der Waals surface area contributed by atoms with E-state index >= 15 is 0 Å². The first-order valence-corrected chi connectivity index (χ1v) is 6.72. The van der Waals surface area contributed by atoms with Gasteiger partial charge in [-0.25, -0.2) is 0 Å². The highest BCUT2D eigenvalue weighted by Gasteiger charge is 2.33. The monoisotopic (exact) mass is 303 g/mol. The molecule has 1 aromatic rings. The lowest BCUT2D eigenvalue weighted by molar-refractivity contribution is -0.142. The maximum atomic E-state index is 12.6. The minimum absolute atomic E-state index is 0.0505. The molecular weight excluding hydrogens is 283 g/mol. The molecule has 0 aromatic heterocycles. The fraction of sp³-hybridized carbons (Fsp3) is 0.533. The molecule has 0 saturated carbocycles. The van der Waals surface area contributed by atoms with Crippen molar-refractivity contribution in [3.8, 4) is 0 Å². The van der Waals surface area contributed by atoms with Crippen LogP contribution < -0.4 is 5.32 Å². The van der Waals surface area contributed by atoms with Gasteiger partial charge in [0.05, 0.1) is 24.6 Å². The molecule has 0 aliphatic carbocycles. The lowest BCUT2D eigenvalue weighted by Crippen LogP contribution is -2.42. The van der Waals surface area contributed by atoms with Crippen molar-refractivity contribution >= 4 is 5.97 Å². The van der Waals surface area contributed by atoms with Crippen LogP contribution in [-0.4, -0.2) is 19.6 Å². The average Bonchev–Trinajstić information content (AvgIpc) is 2.44. The van der Waals surface area contributed by atoms with Gasteiger partial charge in [0, 0.05) is 0 Å². The first-order valence-electron chi connectivity index (χ1n) is 6.72. The molecule has 1 unspecified atom stereocenters. The van der Waals surface area contributed by atoms with Crippen molar-refractivity contribution in [1.82, 2.24) is 5.32 Å². The number of hydrogen-bond donors (Lipinski definition) is 1. The van der Waals surface area contributed by atoms with E-state index in [1.807, 2.05) is 6.92 Å². The average molecular weight is 303 g/mol. The van der Waals surface area contributed by atoms with Gasteiger partial charge in [-0.3, -0.25) is 4.79 Å². The molecule has 6 heteroatoms. The van der Waals surface area contributed by atoms with Crippen LogP contribution in [0.4, 0.5) is 13.2 Å². The van der Waals surface area contributed by atoms with Gasteiger partial charge < -0.3 is 10.1 Å². The third-order valence-corrected chi connectivity index (χ3v) is 3.34. The van der Waals surface area contributed by atoms with Crippen molar-refractivity contribution < 1.29 is 22.7 Å². The molecule has 1 atom stereocenters. The van der Waals surface area contributed by atoms with Crippen molar-refractivity contribution in [2.45, 2.75) is 38.4 Å². The first kappa shape index (κ1) is 17.5. The van der Waals surface area contributed by atoms with E-state index in [0.717, 1.165) is 18.6 Å². The molecule has 118 valence electrons. The Morgan fingerprint density at radius 2 is 1.71 bits per heavy atom. The first-order chi connectivity index (χ1) is 9.73. The maximum absolute atomic E-state index is 12.6. The quantitative estimate of drug-likeness (QED) is 0.818. The van der Waals surface area contributed by atoms with Crippen LogP contribution in [0, 0.1) is 0 Å². The second kappa shape index (κ2) is 6.93. The number of ether oxygens (including phenoxy) is 1. The number of benzene rings is 1. The summed E-state index contributed by atoms with van der Waals surface area (Å²) < 4.78 is 42.4. The van der Waals surface area contributed by atoms with Gasteiger partial charge in [-0.1, -0.05) is 19.1 Å². The lowest BCUT2D eigenvalue weighted by atomic mass is 9.87. The highest BCUT2D eigenvalue weighted by molar-refractivity contribution is 5.71. The van der Waals surface area contributed by atoms with Gasteiger partial charge in [-0.05, 0) is 37.6 Å². The van der Waals surface area contributed by atoms with Crippen LogP contribution >= 0.6 is 0 Å². The van der Waals surface area contributed by atoms with Gasteiger partial charge >= 0.3 is 12.1 Å². The number of alkyl halides is 3. The van der Waals surface area contributed by atoms with Crippen molar-refractivity contribution in [3.63, 3.8) is 0 Å². The minimum Gasteiger partial charge on any atom is -0.469 e. The van der Waals surface area contributed by atoms with Gasteiger partial charge in [0.2, 0.25) is 0 Å². The van der Waals surface area contributed by atoms with Crippen molar-refractivity contribution in [2.24, 2.45) is 0 Å². The topological polar surface area (TPSA) is 38.3 Å². The van der Waals surface area contributed by atoms with Crippen LogP contribution in [0.15, 0.2) is 24.3 Å². The summed E-state index contributed by atoms with van der Waals surface area (Å²) in [7, 11) is 1.29. The Morgan fingerprint density at radius 3 is 2.14 bits per heavy atom. The Morgan fingerprint density at radius 1 is 1.19 bits per heavy atom. The standard InChI is InChI=1S/C15H20F3NO2/c1-4-9-19-14(2,10-13(20)21-3)11-5-7-12(8-6-11)15(16,17)18/h5-8,19H,4,9-10H2,1-3H3. The summed E-state index contributed by atoms with van der Waals surface area (Å²) in [5.74, 6) is -0.416. The zero-order chi connectivity index (χ0) is 16.1. The van der Waals surface area contributed by atoms with E-state index < -0.39 is 23.2 Å². The molecule has 0 aliphatic heterocycles. The molecule has 0 bridgehead atoms. The molecule has 1 rings (SSSR count). The number of esters is 1. The third kappa shape index (κ3) is 4.74. The van der Waals surface area contributed by atoms with E-state index in [1.165, 1.54) is 19.2 Å². The summed E-state index contributed by atoms with van der Waals surface area (Å²) in [5.41, 5.74) is -0.843. The molecule has 1 N–H and O–H groups in total. The van der Waals surface area contributed by atoms with Crippen LogP contribution in [-0.2, 0) is 21.2 Å². The van der Waals surface area contributed by atoms with E-state index in [9.17, 15) is 18.0 Å². The molecule has 0 amide bonds. The molecule has 0 fully saturated rings. The third-order valence-electron chi connectivity index (χ3n) is 3.34. The van der Waals surface area contributed by atoms with Crippen molar-refractivity contribution in [1.29, 1.82) is 0 Å². The normalized spacial score (nSPS) is 14.6. The number of nitrogens with one attached hydrogen (secondary N) is 1. The molecule has 0 aliphatic rings. The molecule has 3 nitrogen and oxygen atoms in total. The Bertz CT molecular complexity index is 471. The largest absolute Gasteiger partial charge is 0.469 e. The zero-order valence-corrected chi connectivity index (χ0v) is 12.4. The maximum Gasteiger partial charge on any atom is 0.416 e. The number of hydrogen-bond acceptors (Lipinski definition) is 3. The minimum atomic E-state index is -4.37.